The van der Waals surface area contributed by atoms with Crippen LogP contribution in [0.15, 0.2) is 24.3 Å². The number of carbonyl (C=O) groups excluding carboxylic acids is 1. The van der Waals surface area contributed by atoms with E-state index in [1.165, 1.54) is 5.32 Å². The number of amides is 1. The van der Waals surface area contributed by atoms with Gasteiger partial charge in [-0.15, -0.1) is 0 Å². The van der Waals surface area contributed by atoms with Crippen LogP contribution in [-0.4, -0.2) is 24.9 Å². The first-order chi connectivity index (χ1) is 8.73. The highest BCUT2D eigenvalue weighted by atomic mass is 19.3. The number of nitrogens with one attached hydrogen (secondary N) is 1. The third-order valence-corrected chi connectivity index (χ3v) is 1.91. The molecular weight excluding hydrogens is 280 g/mol. The molecule has 0 heterocycles. The van der Waals surface area contributed by atoms with Crippen LogP contribution in [0.2, 0.25) is 0 Å². The summed E-state index contributed by atoms with van der Waals surface area (Å²) in [4.78, 5) is 10.8. The molecule has 1 aromatic carbocycles. The minimum atomic E-state index is -4.84. The Labute approximate surface area is 103 Å². The second-order valence-electron chi connectivity index (χ2n) is 3.28. The van der Waals surface area contributed by atoms with Crippen molar-refractivity contribution < 1.29 is 35.9 Å². The maximum atomic E-state index is 12.6. The molecule has 0 atom stereocenters. The first-order valence-electron chi connectivity index (χ1n) is 4.75. The number of hydrogen-bond acceptors (Lipinski definition) is 2. The van der Waals surface area contributed by atoms with Crippen LogP contribution in [0.25, 0.3) is 0 Å². The summed E-state index contributed by atoms with van der Waals surface area (Å²) in [5.41, 5.74) is -0.257. The molecule has 1 amide bonds. The molecule has 0 aliphatic heterocycles. The van der Waals surface area contributed by atoms with Crippen LogP contribution >= 0.6 is 0 Å². The normalized spacial score (nSPS) is 11.8. The average Bonchev–Trinajstić information content (AvgIpc) is 2.30. The third kappa shape index (κ3) is 4.04. The molecule has 0 unspecified atom stereocenters. The van der Waals surface area contributed by atoms with E-state index in [-0.39, 0.29) is 11.4 Å². The second kappa shape index (κ2) is 5.81. The number of benzene rings is 1. The van der Waals surface area contributed by atoms with E-state index in [2.05, 4.69) is 4.74 Å². The molecule has 0 aliphatic carbocycles. The zero-order valence-corrected chi connectivity index (χ0v) is 9.05. The van der Waals surface area contributed by atoms with Gasteiger partial charge in [0.25, 0.3) is 0 Å². The van der Waals surface area contributed by atoms with Gasteiger partial charge in [0, 0.05) is 5.69 Å². The predicted octanol–water partition coefficient (Wildman–Crippen LogP) is 3.13. The van der Waals surface area contributed by atoms with E-state index < -0.39 is 24.9 Å². The van der Waals surface area contributed by atoms with E-state index >= 15 is 0 Å². The summed E-state index contributed by atoms with van der Waals surface area (Å²) in [5.74, 6) is -7.29. The van der Waals surface area contributed by atoms with Gasteiger partial charge in [0.05, 0.1) is 0 Å². The summed E-state index contributed by atoms with van der Waals surface area (Å²) >= 11 is 0. The van der Waals surface area contributed by atoms with E-state index in [1.807, 2.05) is 0 Å². The molecular formula is C10H7F6NO2. The van der Waals surface area contributed by atoms with Crippen molar-refractivity contribution in [2.75, 3.05) is 5.32 Å². The van der Waals surface area contributed by atoms with Gasteiger partial charge >= 0.3 is 24.9 Å². The molecule has 1 N–H and O–H groups in total. The topological polar surface area (TPSA) is 38.3 Å². The van der Waals surface area contributed by atoms with Crippen LogP contribution < -0.4 is 10.1 Å². The van der Waals surface area contributed by atoms with Crippen molar-refractivity contribution in [1.29, 1.82) is 0 Å². The quantitative estimate of drug-likeness (QED) is 0.845. The lowest BCUT2D eigenvalue weighted by atomic mass is 10.2. The molecule has 106 valence electrons. The molecule has 1 rings (SSSR count). The minimum Gasteiger partial charge on any atom is -0.435 e. The number of alkyl halides is 6. The summed E-state index contributed by atoms with van der Waals surface area (Å²) in [6.07, 6.45) is -4.14. The van der Waals surface area contributed by atoms with Crippen LogP contribution in [-0.2, 0) is 4.79 Å². The van der Waals surface area contributed by atoms with Crippen molar-refractivity contribution in [3.05, 3.63) is 24.3 Å². The van der Waals surface area contributed by atoms with Crippen molar-refractivity contribution >= 4 is 11.6 Å². The molecule has 0 radical (unpaired) electrons. The van der Waals surface area contributed by atoms with Gasteiger partial charge in [-0.3, -0.25) is 4.79 Å². The number of ether oxygens (including phenoxy) is 1. The molecule has 1 aromatic rings. The van der Waals surface area contributed by atoms with Gasteiger partial charge in [-0.05, 0) is 24.3 Å². The van der Waals surface area contributed by atoms with Gasteiger partial charge in [-0.25, -0.2) is 8.78 Å². The van der Waals surface area contributed by atoms with E-state index in [4.69, 9.17) is 0 Å². The fourth-order valence-electron chi connectivity index (χ4n) is 1.03. The van der Waals surface area contributed by atoms with E-state index in [0.717, 1.165) is 24.3 Å². The largest absolute Gasteiger partial charge is 0.435 e. The summed E-state index contributed by atoms with van der Waals surface area (Å²) < 4.78 is 76.5. The number of anilines is 1. The van der Waals surface area contributed by atoms with Gasteiger partial charge in [-0.2, -0.15) is 17.6 Å². The van der Waals surface area contributed by atoms with Crippen LogP contribution in [0.3, 0.4) is 0 Å². The van der Waals surface area contributed by atoms with E-state index in [9.17, 15) is 31.1 Å². The monoisotopic (exact) mass is 287 g/mol. The highest BCUT2D eigenvalue weighted by Gasteiger charge is 2.48. The first kappa shape index (κ1) is 15.1. The zero-order valence-electron chi connectivity index (χ0n) is 9.05. The van der Waals surface area contributed by atoms with Crippen LogP contribution in [0.5, 0.6) is 5.75 Å². The molecule has 0 spiro atoms. The van der Waals surface area contributed by atoms with Gasteiger partial charge < -0.3 is 10.1 Å². The maximum absolute atomic E-state index is 12.6. The lowest BCUT2D eigenvalue weighted by molar-refractivity contribution is -0.163. The number of rotatable bonds is 5. The highest BCUT2D eigenvalue weighted by molar-refractivity contribution is 5.96. The average molecular weight is 287 g/mol. The zero-order chi connectivity index (χ0) is 14.6. The summed E-state index contributed by atoms with van der Waals surface area (Å²) in [6.45, 7) is -3.07. The smallest absolute Gasteiger partial charge is 0.387 e. The van der Waals surface area contributed by atoms with Crippen LogP contribution in [0.1, 0.15) is 0 Å². The molecule has 0 bridgehead atoms. The Balaban J connectivity index is 2.71. The molecule has 0 saturated carbocycles. The van der Waals surface area contributed by atoms with Crippen molar-refractivity contribution in [2.45, 2.75) is 19.0 Å². The molecule has 0 fully saturated rings. The van der Waals surface area contributed by atoms with E-state index in [1.54, 1.807) is 0 Å². The standard InChI is InChI=1S/C10H7F6NO2/c11-7(12)10(15,16)8(18)17-5-1-3-6(4-2-5)19-9(13)14/h1-4,7,9H,(H,17,18). The molecule has 0 saturated heterocycles. The molecule has 0 aliphatic rings. The predicted molar refractivity (Wildman–Crippen MR) is 52.7 cm³/mol. The first-order valence-corrected chi connectivity index (χ1v) is 4.75. The number of halogens is 6. The molecule has 3 nitrogen and oxygen atoms in total. The van der Waals surface area contributed by atoms with Gasteiger partial charge in [0.2, 0.25) is 0 Å². The maximum Gasteiger partial charge on any atom is 0.387 e. The fraction of sp³-hybridized carbons (Fsp3) is 0.300. The Morgan fingerprint density at radius 2 is 1.63 bits per heavy atom. The molecule has 9 heteroatoms. The number of carbonyl (C=O) groups is 1. The molecule has 19 heavy (non-hydrogen) atoms. The van der Waals surface area contributed by atoms with Crippen molar-refractivity contribution in [3.8, 4) is 5.75 Å². The Kier molecular flexibility index (Phi) is 4.62. The van der Waals surface area contributed by atoms with Crippen LogP contribution in [0, 0.1) is 0 Å². The van der Waals surface area contributed by atoms with E-state index in [0.29, 0.717) is 0 Å². The SMILES string of the molecule is O=C(Nc1ccc(OC(F)F)cc1)C(F)(F)C(F)F. The Morgan fingerprint density at radius 3 is 2.05 bits per heavy atom. The minimum absolute atomic E-state index is 0.257. The lowest BCUT2D eigenvalue weighted by Gasteiger charge is -2.15. The van der Waals surface area contributed by atoms with Crippen molar-refractivity contribution in [1.82, 2.24) is 0 Å². The lowest BCUT2D eigenvalue weighted by Crippen LogP contribution is -2.40. The van der Waals surface area contributed by atoms with Crippen molar-refractivity contribution in [3.63, 3.8) is 0 Å². The summed E-state index contributed by atoms with van der Waals surface area (Å²) in [5, 5.41) is 1.53. The third-order valence-electron chi connectivity index (χ3n) is 1.91. The van der Waals surface area contributed by atoms with Gasteiger partial charge in [-0.1, -0.05) is 0 Å². The summed E-state index contributed by atoms with van der Waals surface area (Å²) in [7, 11) is 0. The second-order valence-corrected chi connectivity index (χ2v) is 3.28. The highest BCUT2D eigenvalue weighted by Crippen LogP contribution is 2.25. The molecule has 0 aromatic heterocycles. The van der Waals surface area contributed by atoms with Gasteiger partial charge in [0.1, 0.15) is 5.75 Å². The Hall–Kier alpha value is -1.93. The Morgan fingerprint density at radius 1 is 1.11 bits per heavy atom. The van der Waals surface area contributed by atoms with Gasteiger partial charge in [0.15, 0.2) is 0 Å². The number of hydrogen-bond donors (Lipinski definition) is 1. The van der Waals surface area contributed by atoms with Crippen molar-refractivity contribution in [2.24, 2.45) is 0 Å². The Bertz CT molecular complexity index is 434. The van der Waals surface area contributed by atoms with Crippen LogP contribution in [0.4, 0.5) is 32.0 Å². The fourth-order valence-corrected chi connectivity index (χ4v) is 1.03. The summed E-state index contributed by atoms with van der Waals surface area (Å²) in [6, 6.07) is 3.83.